The van der Waals surface area contributed by atoms with Crippen LogP contribution < -0.4 is 10.6 Å². The average Bonchev–Trinajstić information content (AvgIpc) is 2.69. The molecule has 3 rings (SSSR count). The second kappa shape index (κ2) is 3.94. The Morgan fingerprint density at radius 2 is 2.00 bits per heavy atom. The highest BCUT2D eigenvalue weighted by Gasteiger charge is 2.12. The van der Waals surface area contributed by atoms with Crippen LogP contribution in [0, 0.1) is 0 Å². The molecule has 4 heteroatoms. The van der Waals surface area contributed by atoms with E-state index in [1.54, 1.807) is 11.3 Å². The lowest BCUT2D eigenvalue weighted by Gasteiger charge is -2.28. The van der Waals surface area contributed by atoms with Crippen LogP contribution in [0.5, 0.6) is 0 Å². The number of nitrogens with two attached hydrogens (primary N) is 1. The predicted molar refractivity (Wildman–Crippen MR) is 70.1 cm³/mol. The van der Waals surface area contributed by atoms with Crippen LogP contribution in [0.3, 0.4) is 0 Å². The Balaban J connectivity index is 1.97. The van der Waals surface area contributed by atoms with E-state index >= 15 is 0 Å². The van der Waals surface area contributed by atoms with Gasteiger partial charge in [0.25, 0.3) is 0 Å². The minimum absolute atomic E-state index is 0.658. The van der Waals surface area contributed by atoms with Gasteiger partial charge in [-0.3, -0.25) is 0 Å². The fourth-order valence-electron chi connectivity index (χ4n) is 2.28. The van der Waals surface area contributed by atoms with E-state index in [9.17, 15) is 0 Å². The number of piperidine rings is 1. The zero-order valence-corrected chi connectivity index (χ0v) is 9.96. The largest absolute Gasteiger partial charge is 0.375 e. The summed E-state index contributed by atoms with van der Waals surface area (Å²) in [7, 11) is 0. The lowest BCUT2D eigenvalue weighted by molar-refractivity contribution is 0.578. The van der Waals surface area contributed by atoms with Gasteiger partial charge in [0.15, 0.2) is 5.13 Å². The number of aromatic nitrogens is 1. The molecular formula is C12H15N3S. The molecule has 0 atom stereocenters. The molecule has 1 saturated heterocycles. The van der Waals surface area contributed by atoms with Crippen molar-refractivity contribution in [2.75, 3.05) is 23.7 Å². The van der Waals surface area contributed by atoms with Gasteiger partial charge in [-0.25, -0.2) is 4.98 Å². The Labute approximate surface area is 98.9 Å². The van der Waals surface area contributed by atoms with Crippen molar-refractivity contribution in [3.8, 4) is 0 Å². The van der Waals surface area contributed by atoms with E-state index in [-0.39, 0.29) is 0 Å². The number of hydrogen-bond acceptors (Lipinski definition) is 4. The highest BCUT2D eigenvalue weighted by atomic mass is 32.1. The molecule has 2 N–H and O–H groups in total. The second-order valence-electron chi connectivity index (χ2n) is 4.25. The zero-order valence-electron chi connectivity index (χ0n) is 9.15. The van der Waals surface area contributed by atoms with Crippen LogP contribution in [0.15, 0.2) is 18.2 Å². The molecule has 0 spiro atoms. The number of fused-ring (bicyclic) bond motifs is 1. The first-order chi connectivity index (χ1) is 7.83. The summed E-state index contributed by atoms with van der Waals surface area (Å²) >= 11 is 1.56. The number of nitrogens with zero attached hydrogens (tertiary/aromatic N) is 2. The van der Waals surface area contributed by atoms with Crippen molar-refractivity contribution in [1.82, 2.24) is 4.98 Å². The fraction of sp³-hybridized carbons (Fsp3) is 0.417. The van der Waals surface area contributed by atoms with Gasteiger partial charge in [0.1, 0.15) is 0 Å². The number of hydrogen-bond donors (Lipinski definition) is 1. The number of thiazole rings is 1. The van der Waals surface area contributed by atoms with Gasteiger partial charge in [-0.05, 0) is 37.5 Å². The van der Waals surface area contributed by atoms with Crippen LogP contribution in [0.2, 0.25) is 0 Å². The van der Waals surface area contributed by atoms with Crippen molar-refractivity contribution in [2.24, 2.45) is 0 Å². The maximum Gasteiger partial charge on any atom is 0.181 e. The molecule has 16 heavy (non-hydrogen) atoms. The number of rotatable bonds is 1. The predicted octanol–water partition coefficient (Wildman–Crippen LogP) is 2.87. The van der Waals surface area contributed by atoms with Gasteiger partial charge < -0.3 is 10.6 Å². The molecule has 0 saturated carbocycles. The molecule has 1 fully saturated rings. The van der Waals surface area contributed by atoms with Crippen LogP contribution in [-0.2, 0) is 0 Å². The van der Waals surface area contributed by atoms with E-state index in [2.05, 4.69) is 28.1 Å². The van der Waals surface area contributed by atoms with Crippen molar-refractivity contribution < 1.29 is 0 Å². The lowest BCUT2D eigenvalue weighted by atomic mass is 10.1. The number of nitrogen functional groups attached to an aromatic ring is 1. The third-order valence-electron chi connectivity index (χ3n) is 3.11. The van der Waals surface area contributed by atoms with Crippen molar-refractivity contribution in [1.29, 1.82) is 0 Å². The maximum atomic E-state index is 5.71. The molecule has 1 aliphatic rings. The molecule has 3 nitrogen and oxygen atoms in total. The van der Waals surface area contributed by atoms with E-state index in [1.807, 2.05) is 0 Å². The number of anilines is 2. The molecular weight excluding hydrogens is 218 g/mol. The Kier molecular flexibility index (Phi) is 2.44. The van der Waals surface area contributed by atoms with Gasteiger partial charge in [0.2, 0.25) is 0 Å². The van der Waals surface area contributed by atoms with Gasteiger partial charge in [-0.2, -0.15) is 0 Å². The first-order valence-corrected chi connectivity index (χ1v) is 6.55. The molecule has 0 aliphatic carbocycles. The van der Waals surface area contributed by atoms with Gasteiger partial charge in [0, 0.05) is 18.8 Å². The van der Waals surface area contributed by atoms with E-state index in [0.29, 0.717) is 5.13 Å². The molecule has 84 valence electrons. The Bertz CT molecular complexity index is 500. The van der Waals surface area contributed by atoms with Crippen molar-refractivity contribution >= 4 is 32.4 Å². The third kappa shape index (κ3) is 1.73. The molecule has 0 bridgehead atoms. The van der Waals surface area contributed by atoms with Crippen molar-refractivity contribution in [3.05, 3.63) is 18.2 Å². The molecule has 0 amide bonds. The summed E-state index contributed by atoms with van der Waals surface area (Å²) in [4.78, 5) is 6.78. The van der Waals surface area contributed by atoms with E-state index in [0.717, 1.165) is 5.52 Å². The monoisotopic (exact) mass is 233 g/mol. The summed E-state index contributed by atoms with van der Waals surface area (Å²) in [5.74, 6) is 0. The summed E-state index contributed by atoms with van der Waals surface area (Å²) < 4.78 is 1.18. The molecule has 0 unspecified atom stereocenters. The summed E-state index contributed by atoms with van der Waals surface area (Å²) in [6.45, 7) is 2.34. The van der Waals surface area contributed by atoms with Crippen LogP contribution in [0.1, 0.15) is 19.3 Å². The average molecular weight is 233 g/mol. The highest BCUT2D eigenvalue weighted by molar-refractivity contribution is 7.22. The van der Waals surface area contributed by atoms with E-state index < -0.39 is 0 Å². The Morgan fingerprint density at radius 3 is 2.81 bits per heavy atom. The first kappa shape index (κ1) is 9.90. The third-order valence-corrected chi connectivity index (χ3v) is 3.97. The smallest absolute Gasteiger partial charge is 0.181 e. The minimum Gasteiger partial charge on any atom is -0.375 e. The molecule has 1 aromatic heterocycles. The zero-order chi connectivity index (χ0) is 11.0. The van der Waals surface area contributed by atoms with Crippen LogP contribution in [-0.4, -0.2) is 18.1 Å². The van der Waals surface area contributed by atoms with Crippen LogP contribution >= 0.6 is 11.3 Å². The van der Waals surface area contributed by atoms with Crippen LogP contribution in [0.4, 0.5) is 10.8 Å². The lowest BCUT2D eigenvalue weighted by Crippen LogP contribution is -2.29. The normalized spacial score (nSPS) is 16.9. The topological polar surface area (TPSA) is 42.1 Å². The quantitative estimate of drug-likeness (QED) is 0.823. The molecule has 0 radical (unpaired) electrons. The van der Waals surface area contributed by atoms with Gasteiger partial charge in [-0.15, -0.1) is 0 Å². The molecule has 1 aliphatic heterocycles. The highest BCUT2D eigenvalue weighted by Crippen LogP contribution is 2.28. The summed E-state index contributed by atoms with van der Waals surface area (Å²) in [5.41, 5.74) is 8.04. The van der Waals surface area contributed by atoms with Crippen LogP contribution in [0.25, 0.3) is 10.2 Å². The minimum atomic E-state index is 0.658. The summed E-state index contributed by atoms with van der Waals surface area (Å²) in [5, 5.41) is 0.658. The molecule has 2 heterocycles. The Hall–Kier alpha value is -1.29. The summed E-state index contributed by atoms with van der Waals surface area (Å²) in [6, 6.07) is 6.48. The maximum absolute atomic E-state index is 5.71. The molecule has 1 aromatic carbocycles. The fourth-order valence-corrected chi connectivity index (χ4v) is 3.00. The van der Waals surface area contributed by atoms with Gasteiger partial charge in [0.05, 0.1) is 10.2 Å². The first-order valence-electron chi connectivity index (χ1n) is 5.74. The Morgan fingerprint density at radius 1 is 1.19 bits per heavy atom. The second-order valence-corrected chi connectivity index (χ2v) is 5.31. The summed E-state index contributed by atoms with van der Waals surface area (Å²) in [6.07, 6.45) is 3.97. The van der Waals surface area contributed by atoms with Gasteiger partial charge in [-0.1, -0.05) is 11.3 Å². The standard InChI is InChI=1S/C12H15N3S/c13-12-14-10-8-9(4-5-11(10)16-12)15-6-2-1-3-7-15/h4-5,8H,1-3,6-7H2,(H2,13,14). The van der Waals surface area contributed by atoms with Gasteiger partial charge >= 0.3 is 0 Å². The number of benzene rings is 1. The van der Waals surface area contributed by atoms with Crippen molar-refractivity contribution in [3.63, 3.8) is 0 Å². The SMILES string of the molecule is Nc1nc2cc(N3CCCCC3)ccc2s1. The van der Waals surface area contributed by atoms with Crippen molar-refractivity contribution in [2.45, 2.75) is 19.3 Å². The van der Waals surface area contributed by atoms with E-state index in [4.69, 9.17) is 5.73 Å². The van der Waals surface area contributed by atoms with E-state index in [1.165, 1.54) is 42.7 Å². The molecule has 2 aromatic rings.